The number of hydrogen-bond donors (Lipinski definition) is 1. The average Bonchev–Trinajstić information content (AvgIpc) is 3.11. The van der Waals surface area contributed by atoms with Gasteiger partial charge in [-0.2, -0.15) is 5.10 Å². The molecule has 0 saturated carbocycles. The summed E-state index contributed by atoms with van der Waals surface area (Å²) >= 11 is 1.17. The molecule has 0 aliphatic carbocycles. The third-order valence-electron chi connectivity index (χ3n) is 3.44. The zero-order chi connectivity index (χ0) is 17.3. The highest BCUT2D eigenvalue weighted by atomic mass is 32.1. The maximum atomic E-state index is 12.4. The summed E-state index contributed by atoms with van der Waals surface area (Å²) in [4.78, 5) is 29.2. The molecular weight excluding hydrogens is 324 g/mol. The Labute approximate surface area is 143 Å². The fraction of sp³-hybridized carbons (Fsp3) is 0.176. The number of nitrogens with zero attached hydrogens (tertiary/aromatic N) is 3. The molecule has 0 aliphatic heterocycles. The van der Waals surface area contributed by atoms with Gasteiger partial charge in [-0.15, -0.1) is 0 Å². The number of rotatable bonds is 4. The monoisotopic (exact) mass is 340 g/mol. The first kappa shape index (κ1) is 16.1. The van der Waals surface area contributed by atoms with Crippen molar-refractivity contribution in [3.05, 3.63) is 52.7 Å². The van der Waals surface area contributed by atoms with Crippen LogP contribution in [0, 0.1) is 6.92 Å². The van der Waals surface area contributed by atoms with Crippen LogP contribution in [0.2, 0.25) is 0 Å². The van der Waals surface area contributed by atoms with Crippen LogP contribution < -0.4 is 5.32 Å². The van der Waals surface area contributed by atoms with E-state index in [1.54, 1.807) is 17.9 Å². The van der Waals surface area contributed by atoms with Crippen LogP contribution in [0.5, 0.6) is 0 Å². The Hall–Kier alpha value is -2.80. The smallest absolute Gasteiger partial charge is 0.278 e. The van der Waals surface area contributed by atoms with Gasteiger partial charge in [-0.1, -0.05) is 41.7 Å². The van der Waals surface area contributed by atoms with E-state index in [2.05, 4.69) is 15.4 Å². The van der Waals surface area contributed by atoms with E-state index in [1.165, 1.54) is 18.3 Å². The van der Waals surface area contributed by atoms with Gasteiger partial charge in [0.2, 0.25) is 0 Å². The second-order valence-electron chi connectivity index (χ2n) is 5.41. The zero-order valence-electron chi connectivity index (χ0n) is 13.5. The summed E-state index contributed by atoms with van der Waals surface area (Å²) < 4.78 is 1.59. The van der Waals surface area contributed by atoms with E-state index in [0.717, 1.165) is 11.1 Å². The molecule has 0 atom stereocenters. The molecule has 0 bridgehead atoms. The lowest BCUT2D eigenvalue weighted by atomic mass is 10.1. The minimum atomic E-state index is -0.337. The molecule has 122 valence electrons. The van der Waals surface area contributed by atoms with Gasteiger partial charge in [0.05, 0.1) is 10.6 Å². The third kappa shape index (κ3) is 3.11. The molecule has 0 aliphatic rings. The predicted octanol–water partition coefficient (Wildman–Crippen LogP) is 3.31. The first-order valence-electron chi connectivity index (χ1n) is 7.34. The van der Waals surface area contributed by atoms with Crippen LogP contribution in [0.15, 0.2) is 36.5 Å². The predicted molar refractivity (Wildman–Crippen MR) is 93.5 cm³/mol. The van der Waals surface area contributed by atoms with E-state index in [9.17, 15) is 9.59 Å². The molecule has 0 saturated heterocycles. The highest BCUT2D eigenvalue weighted by Gasteiger charge is 2.20. The Kier molecular flexibility index (Phi) is 4.26. The van der Waals surface area contributed by atoms with Crippen molar-refractivity contribution in [3.63, 3.8) is 0 Å². The number of thiazole rings is 1. The normalized spacial score (nSPS) is 10.6. The molecule has 7 heteroatoms. The van der Waals surface area contributed by atoms with Crippen molar-refractivity contribution < 1.29 is 9.59 Å². The molecule has 1 aromatic carbocycles. The van der Waals surface area contributed by atoms with Gasteiger partial charge in [-0.3, -0.25) is 19.6 Å². The fourth-order valence-electron chi connectivity index (χ4n) is 2.39. The Bertz CT molecular complexity index is 912. The van der Waals surface area contributed by atoms with Crippen LogP contribution in [0.1, 0.15) is 32.6 Å². The summed E-state index contributed by atoms with van der Waals surface area (Å²) in [6, 6.07) is 9.43. The molecule has 1 amide bonds. The Balaban J connectivity index is 1.94. The van der Waals surface area contributed by atoms with Gasteiger partial charge in [0.1, 0.15) is 0 Å². The van der Waals surface area contributed by atoms with Crippen molar-refractivity contribution in [2.24, 2.45) is 7.05 Å². The molecule has 3 rings (SSSR count). The maximum Gasteiger partial charge on any atom is 0.278 e. The minimum absolute atomic E-state index is 0.0825. The van der Waals surface area contributed by atoms with Gasteiger partial charge in [-0.05, 0) is 6.92 Å². The van der Waals surface area contributed by atoms with Gasteiger partial charge in [0.15, 0.2) is 16.6 Å². The van der Waals surface area contributed by atoms with Crippen molar-refractivity contribution in [2.45, 2.75) is 13.8 Å². The Morgan fingerprint density at radius 1 is 1.21 bits per heavy atom. The minimum Gasteiger partial charge on any atom is -0.296 e. The average molecular weight is 340 g/mol. The lowest BCUT2D eigenvalue weighted by Gasteiger charge is -1.99. The largest absolute Gasteiger partial charge is 0.296 e. The van der Waals surface area contributed by atoms with E-state index in [0.29, 0.717) is 21.4 Å². The number of hydrogen-bond acceptors (Lipinski definition) is 5. The molecule has 0 radical (unpaired) electrons. The fourth-order valence-corrected chi connectivity index (χ4v) is 3.27. The highest BCUT2D eigenvalue weighted by molar-refractivity contribution is 7.18. The number of nitrogens with one attached hydrogen (secondary N) is 1. The molecular formula is C17H16N4O2S. The number of aromatic nitrogens is 3. The van der Waals surface area contributed by atoms with Crippen molar-refractivity contribution in [3.8, 4) is 11.3 Å². The number of aryl methyl sites for hydroxylation is 2. The molecule has 2 heterocycles. The van der Waals surface area contributed by atoms with Gasteiger partial charge in [0.25, 0.3) is 5.91 Å². The summed E-state index contributed by atoms with van der Waals surface area (Å²) in [6.07, 6.45) is 1.77. The second kappa shape index (κ2) is 6.37. The summed E-state index contributed by atoms with van der Waals surface area (Å²) in [5.41, 5.74) is 2.55. The lowest BCUT2D eigenvalue weighted by molar-refractivity contribution is 0.101. The van der Waals surface area contributed by atoms with Gasteiger partial charge < -0.3 is 0 Å². The van der Waals surface area contributed by atoms with Gasteiger partial charge in [0, 0.05) is 31.3 Å². The number of anilines is 1. The summed E-state index contributed by atoms with van der Waals surface area (Å²) in [7, 11) is 1.76. The topological polar surface area (TPSA) is 76.9 Å². The molecule has 0 unspecified atom stereocenters. The number of amides is 1. The van der Waals surface area contributed by atoms with E-state index in [4.69, 9.17) is 0 Å². The van der Waals surface area contributed by atoms with Crippen LogP contribution >= 0.6 is 11.3 Å². The number of carbonyl (C=O) groups excluding carboxylic acids is 2. The van der Waals surface area contributed by atoms with E-state index in [-0.39, 0.29) is 11.7 Å². The maximum absolute atomic E-state index is 12.4. The van der Waals surface area contributed by atoms with Crippen LogP contribution in [0.25, 0.3) is 11.3 Å². The highest BCUT2D eigenvalue weighted by Crippen LogP contribution is 2.31. The van der Waals surface area contributed by atoms with E-state index >= 15 is 0 Å². The molecule has 2 aromatic heterocycles. The Morgan fingerprint density at radius 3 is 2.50 bits per heavy atom. The zero-order valence-corrected chi connectivity index (χ0v) is 14.3. The van der Waals surface area contributed by atoms with Crippen molar-refractivity contribution in [1.29, 1.82) is 0 Å². The van der Waals surface area contributed by atoms with Crippen molar-refractivity contribution >= 4 is 28.2 Å². The lowest BCUT2D eigenvalue weighted by Crippen LogP contribution is -2.14. The van der Waals surface area contributed by atoms with Crippen molar-refractivity contribution in [2.75, 3.05) is 5.32 Å². The van der Waals surface area contributed by atoms with Gasteiger partial charge >= 0.3 is 0 Å². The number of Topliss-reactive ketones (excluding diaryl/α,β-unsaturated/α-hetero) is 1. The first-order chi connectivity index (χ1) is 11.5. The van der Waals surface area contributed by atoms with Crippen LogP contribution in [-0.4, -0.2) is 26.5 Å². The molecule has 24 heavy (non-hydrogen) atoms. The molecule has 6 nitrogen and oxygen atoms in total. The van der Waals surface area contributed by atoms with Crippen LogP contribution in [-0.2, 0) is 7.05 Å². The van der Waals surface area contributed by atoms with Crippen LogP contribution in [0.4, 0.5) is 5.13 Å². The molecule has 1 N–H and O–H groups in total. The SMILES string of the molecule is CC(=O)c1sc(NC(=O)c2nn(C)cc2C)nc1-c1ccccc1. The van der Waals surface area contributed by atoms with Crippen LogP contribution in [0.3, 0.4) is 0 Å². The number of ketones is 1. The van der Waals surface area contributed by atoms with Gasteiger partial charge in [-0.25, -0.2) is 4.98 Å². The third-order valence-corrected chi connectivity index (χ3v) is 4.51. The first-order valence-corrected chi connectivity index (χ1v) is 8.16. The summed E-state index contributed by atoms with van der Waals surface area (Å²) in [5, 5.41) is 7.27. The van der Waals surface area contributed by atoms with Crippen molar-refractivity contribution in [1.82, 2.24) is 14.8 Å². The standard InChI is InChI=1S/C17H16N4O2S/c1-10-9-21(3)20-13(10)16(23)19-17-18-14(15(24-17)11(2)22)12-7-5-4-6-8-12/h4-9H,1-3H3,(H,18,19,23). The second-order valence-corrected chi connectivity index (χ2v) is 6.41. The van der Waals surface area contributed by atoms with E-state index in [1.807, 2.05) is 37.3 Å². The number of carbonyl (C=O) groups is 2. The number of benzene rings is 1. The molecule has 0 spiro atoms. The molecule has 0 fully saturated rings. The Morgan fingerprint density at radius 2 is 1.92 bits per heavy atom. The summed E-state index contributed by atoms with van der Waals surface area (Å²) in [6.45, 7) is 3.31. The summed E-state index contributed by atoms with van der Waals surface area (Å²) in [5.74, 6) is -0.419. The quantitative estimate of drug-likeness (QED) is 0.739. The molecule has 3 aromatic rings. The van der Waals surface area contributed by atoms with E-state index < -0.39 is 0 Å².